The topological polar surface area (TPSA) is 85.9 Å². The molecule has 0 unspecified atom stereocenters. The molecule has 2 amide bonds. The van der Waals surface area contributed by atoms with Crippen molar-refractivity contribution >= 4 is 12.0 Å². The van der Waals surface area contributed by atoms with Crippen molar-refractivity contribution in [3.8, 4) is 11.5 Å². The van der Waals surface area contributed by atoms with Gasteiger partial charge >= 0.3 is 18.2 Å². The van der Waals surface area contributed by atoms with E-state index in [1.54, 1.807) is 12.1 Å². The number of carbonyl (C=O) groups is 2. The molecular formula is C22H25F3N2O5. The van der Waals surface area contributed by atoms with E-state index in [9.17, 15) is 22.8 Å². The molecule has 174 valence electrons. The van der Waals surface area contributed by atoms with Crippen molar-refractivity contribution in [3.05, 3.63) is 59.7 Å². The van der Waals surface area contributed by atoms with Gasteiger partial charge in [0.05, 0.1) is 20.3 Å². The van der Waals surface area contributed by atoms with E-state index in [1.807, 2.05) is 35.6 Å². The molecule has 1 atom stereocenters. The third-order valence-corrected chi connectivity index (χ3v) is 4.52. The standard InChI is InChI=1S/C22H25F3N2O5/c1-30-18-11-10-16(13-19(18)31-2)17(27-20(28)22(23,24)25)9-6-12-26-21(29)32-14-15-7-4-3-5-8-15/h3-5,7-8,10-11,13,17H,6,9,12,14H2,1-2H3,(H,26,29)(H,27,28)/t17-/m1/s1. The van der Waals surface area contributed by atoms with Gasteiger partial charge in [0.25, 0.3) is 0 Å². The SMILES string of the molecule is COc1ccc([C@@H](CCCNC(=O)OCc2ccccc2)NC(=O)C(F)(F)F)cc1OC. The Balaban J connectivity index is 1.95. The van der Waals surface area contributed by atoms with Crippen LogP contribution in [0.4, 0.5) is 18.0 Å². The van der Waals surface area contributed by atoms with Crippen LogP contribution in [-0.2, 0) is 16.1 Å². The lowest BCUT2D eigenvalue weighted by Crippen LogP contribution is -2.39. The van der Waals surface area contributed by atoms with Crippen LogP contribution in [0.5, 0.6) is 11.5 Å². The Labute approximate surface area is 183 Å². The third-order valence-electron chi connectivity index (χ3n) is 4.52. The van der Waals surface area contributed by atoms with E-state index in [-0.39, 0.29) is 26.0 Å². The summed E-state index contributed by atoms with van der Waals surface area (Å²) < 4.78 is 53.7. The minimum atomic E-state index is -5.02. The number of hydrogen-bond acceptors (Lipinski definition) is 5. The molecule has 0 spiro atoms. The van der Waals surface area contributed by atoms with Gasteiger partial charge in [-0.1, -0.05) is 36.4 Å². The number of halogens is 3. The highest BCUT2D eigenvalue weighted by atomic mass is 19.4. The first-order valence-corrected chi connectivity index (χ1v) is 9.78. The minimum absolute atomic E-state index is 0.0998. The maximum Gasteiger partial charge on any atom is 0.471 e. The van der Waals surface area contributed by atoms with Crippen molar-refractivity contribution in [2.75, 3.05) is 20.8 Å². The van der Waals surface area contributed by atoms with Gasteiger partial charge in [0, 0.05) is 6.54 Å². The fraction of sp³-hybridized carbons (Fsp3) is 0.364. The average Bonchev–Trinajstić information content (AvgIpc) is 2.79. The molecule has 32 heavy (non-hydrogen) atoms. The van der Waals surface area contributed by atoms with E-state index in [2.05, 4.69) is 5.32 Å². The fourth-order valence-corrected chi connectivity index (χ4v) is 2.90. The molecule has 2 rings (SSSR count). The van der Waals surface area contributed by atoms with Crippen molar-refractivity contribution < 1.29 is 37.0 Å². The molecule has 0 saturated carbocycles. The molecule has 2 aromatic carbocycles. The van der Waals surface area contributed by atoms with Crippen LogP contribution in [0.2, 0.25) is 0 Å². The Morgan fingerprint density at radius 1 is 1.00 bits per heavy atom. The van der Waals surface area contributed by atoms with Crippen LogP contribution < -0.4 is 20.1 Å². The molecule has 0 aromatic heterocycles. The molecule has 0 heterocycles. The van der Waals surface area contributed by atoms with E-state index >= 15 is 0 Å². The monoisotopic (exact) mass is 454 g/mol. The molecule has 0 radical (unpaired) electrons. The van der Waals surface area contributed by atoms with Gasteiger partial charge in [0.1, 0.15) is 6.61 Å². The number of hydrogen-bond donors (Lipinski definition) is 2. The lowest BCUT2D eigenvalue weighted by atomic mass is 10.0. The van der Waals surface area contributed by atoms with Crippen LogP contribution >= 0.6 is 0 Å². The van der Waals surface area contributed by atoms with Crippen molar-refractivity contribution in [2.24, 2.45) is 0 Å². The van der Waals surface area contributed by atoms with E-state index in [0.717, 1.165) is 5.56 Å². The van der Waals surface area contributed by atoms with E-state index in [0.29, 0.717) is 17.1 Å². The number of benzene rings is 2. The Morgan fingerprint density at radius 3 is 2.31 bits per heavy atom. The van der Waals surface area contributed by atoms with Gasteiger partial charge in [-0.3, -0.25) is 4.79 Å². The van der Waals surface area contributed by atoms with Crippen LogP contribution in [0.25, 0.3) is 0 Å². The Bertz CT molecular complexity index is 891. The van der Waals surface area contributed by atoms with Crippen molar-refractivity contribution in [1.82, 2.24) is 10.6 Å². The molecule has 10 heteroatoms. The zero-order chi connectivity index (χ0) is 23.6. The Morgan fingerprint density at radius 2 is 1.69 bits per heavy atom. The first-order valence-electron chi connectivity index (χ1n) is 9.78. The smallest absolute Gasteiger partial charge is 0.471 e. The maximum atomic E-state index is 12.8. The Hall–Kier alpha value is -3.43. The third kappa shape index (κ3) is 7.68. The van der Waals surface area contributed by atoms with E-state index in [4.69, 9.17) is 14.2 Å². The van der Waals surface area contributed by atoms with Crippen LogP contribution in [-0.4, -0.2) is 38.9 Å². The summed E-state index contributed by atoms with van der Waals surface area (Å²) in [4.78, 5) is 23.3. The lowest BCUT2D eigenvalue weighted by Gasteiger charge is -2.21. The van der Waals surface area contributed by atoms with Gasteiger partial charge in [-0.15, -0.1) is 0 Å². The minimum Gasteiger partial charge on any atom is -0.493 e. The number of ether oxygens (including phenoxy) is 3. The fourth-order valence-electron chi connectivity index (χ4n) is 2.90. The molecule has 0 bridgehead atoms. The van der Waals surface area contributed by atoms with Gasteiger partial charge in [-0.05, 0) is 36.1 Å². The molecule has 2 N–H and O–H groups in total. The number of carbonyl (C=O) groups excluding carboxylic acids is 2. The second-order valence-corrected chi connectivity index (χ2v) is 6.77. The molecule has 0 aliphatic carbocycles. The number of nitrogens with one attached hydrogen (secondary N) is 2. The maximum absolute atomic E-state index is 12.8. The predicted octanol–water partition coefficient (Wildman–Crippen LogP) is 4.13. The molecular weight excluding hydrogens is 429 g/mol. The number of methoxy groups -OCH3 is 2. The summed E-state index contributed by atoms with van der Waals surface area (Å²) in [5.74, 6) is -1.33. The first kappa shape index (κ1) is 24.8. The Kier molecular flexibility index (Phi) is 9.18. The summed E-state index contributed by atoms with van der Waals surface area (Å²) in [5, 5.41) is 4.54. The van der Waals surface area contributed by atoms with Crippen LogP contribution in [0.3, 0.4) is 0 Å². The molecule has 0 fully saturated rings. The quantitative estimate of drug-likeness (QED) is 0.528. The first-order chi connectivity index (χ1) is 15.2. The van der Waals surface area contributed by atoms with Crippen molar-refractivity contribution in [1.29, 1.82) is 0 Å². The molecule has 0 aliphatic heterocycles. The summed E-state index contributed by atoms with van der Waals surface area (Å²) in [6, 6.07) is 12.7. The zero-order valence-corrected chi connectivity index (χ0v) is 17.7. The van der Waals surface area contributed by atoms with E-state index in [1.165, 1.54) is 20.3 Å². The molecule has 2 aromatic rings. The predicted molar refractivity (Wildman–Crippen MR) is 110 cm³/mol. The number of amides is 2. The van der Waals surface area contributed by atoms with Gasteiger partial charge in [-0.2, -0.15) is 13.2 Å². The highest BCUT2D eigenvalue weighted by Crippen LogP contribution is 2.32. The van der Waals surface area contributed by atoms with Crippen LogP contribution in [0.1, 0.15) is 30.0 Å². The summed E-state index contributed by atoms with van der Waals surface area (Å²) in [6.45, 7) is 0.252. The normalized spacial score (nSPS) is 11.9. The zero-order valence-electron chi connectivity index (χ0n) is 17.7. The molecule has 0 aliphatic rings. The van der Waals surface area contributed by atoms with E-state index < -0.39 is 24.2 Å². The van der Waals surface area contributed by atoms with Crippen LogP contribution in [0.15, 0.2) is 48.5 Å². The average molecular weight is 454 g/mol. The highest BCUT2D eigenvalue weighted by molar-refractivity contribution is 5.82. The molecule has 0 saturated heterocycles. The van der Waals surface area contributed by atoms with Gasteiger partial charge in [0.2, 0.25) is 0 Å². The van der Waals surface area contributed by atoms with Crippen molar-refractivity contribution in [2.45, 2.75) is 31.7 Å². The van der Waals surface area contributed by atoms with Gasteiger partial charge in [-0.25, -0.2) is 4.79 Å². The summed E-state index contributed by atoms with van der Waals surface area (Å²) in [6.07, 6.45) is -5.24. The van der Waals surface area contributed by atoms with Gasteiger partial charge in [0.15, 0.2) is 11.5 Å². The summed E-state index contributed by atoms with van der Waals surface area (Å²) in [7, 11) is 2.83. The number of alkyl carbamates (subject to hydrolysis) is 1. The largest absolute Gasteiger partial charge is 0.493 e. The number of alkyl halides is 3. The van der Waals surface area contributed by atoms with Crippen LogP contribution in [0, 0.1) is 0 Å². The number of rotatable bonds is 10. The second kappa shape index (κ2) is 11.8. The van der Waals surface area contributed by atoms with Crippen molar-refractivity contribution in [3.63, 3.8) is 0 Å². The lowest BCUT2D eigenvalue weighted by molar-refractivity contribution is -0.174. The molecule has 7 nitrogen and oxygen atoms in total. The summed E-state index contributed by atoms with van der Waals surface area (Å²) >= 11 is 0. The summed E-state index contributed by atoms with van der Waals surface area (Å²) in [5.41, 5.74) is 1.23. The second-order valence-electron chi connectivity index (χ2n) is 6.77. The highest BCUT2D eigenvalue weighted by Gasteiger charge is 2.39. The van der Waals surface area contributed by atoms with Gasteiger partial charge < -0.3 is 24.8 Å².